The topological polar surface area (TPSA) is 59.1 Å². The van der Waals surface area contributed by atoms with E-state index in [9.17, 15) is 9.90 Å². The number of allylic oxidation sites excluding steroid dienone is 6. The van der Waals surface area contributed by atoms with E-state index in [1.807, 2.05) is 31.2 Å². The lowest BCUT2D eigenvalue weighted by atomic mass is 9.92. The Balaban J connectivity index is 2.11. The van der Waals surface area contributed by atoms with Gasteiger partial charge in [-0.05, 0) is 49.0 Å². The SMILES string of the molecule is C=C(C)/C=C/C/C=C/[C@@H]1CC(=C)[C@H]2O[C@@H]2[C@@H](O)C(=C)CC(=C)C(=C)CCC(=O)O1. The summed E-state index contributed by atoms with van der Waals surface area (Å²) in [4.78, 5) is 12.3. The van der Waals surface area contributed by atoms with Crippen molar-refractivity contribution in [2.75, 3.05) is 0 Å². The van der Waals surface area contributed by atoms with Gasteiger partial charge in [-0.25, -0.2) is 0 Å². The molecule has 0 aromatic heterocycles. The molecular weight excluding hydrogens is 364 g/mol. The molecule has 0 unspecified atom stereocenters. The summed E-state index contributed by atoms with van der Waals surface area (Å²) >= 11 is 0. The zero-order valence-electron chi connectivity index (χ0n) is 17.4. The van der Waals surface area contributed by atoms with E-state index in [0.717, 1.165) is 22.3 Å². The molecule has 4 heteroatoms. The smallest absolute Gasteiger partial charge is 0.306 e. The lowest BCUT2D eigenvalue weighted by molar-refractivity contribution is -0.146. The average Bonchev–Trinajstić information content (AvgIpc) is 3.44. The quantitative estimate of drug-likeness (QED) is 0.318. The van der Waals surface area contributed by atoms with Gasteiger partial charge in [0.15, 0.2) is 0 Å². The molecule has 0 aromatic carbocycles. The van der Waals surface area contributed by atoms with Gasteiger partial charge in [-0.15, -0.1) is 0 Å². The van der Waals surface area contributed by atoms with Crippen molar-refractivity contribution in [1.29, 1.82) is 0 Å². The number of hydrogen-bond donors (Lipinski definition) is 1. The highest BCUT2D eigenvalue weighted by Gasteiger charge is 2.47. The third-order valence-corrected chi connectivity index (χ3v) is 5.00. The standard InChI is InChI=1S/C25H32O4/c1-16(2)10-8-7-9-11-21-15-20(6)24-25(29-24)23(27)19(5)14-18(4)17(3)12-13-22(26)28-21/h8-11,21,23-25,27H,1,3-7,12-15H2,2H3/b10-8+,11-9+/t21-,23+,24-,25-/m1/s1. The minimum absolute atomic E-state index is 0.224. The second-order valence-corrected chi connectivity index (χ2v) is 7.81. The van der Waals surface area contributed by atoms with Crippen LogP contribution in [0.3, 0.4) is 0 Å². The van der Waals surface area contributed by atoms with E-state index < -0.39 is 12.2 Å². The van der Waals surface area contributed by atoms with Crippen molar-refractivity contribution in [3.05, 3.63) is 85.1 Å². The Kier molecular flexibility index (Phi) is 8.18. The van der Waals surface area contributed by atoms with Crippen LogP contribution in [0.25, 0.3) is 0 Å². The molecule has 4 nitrogen and oxygen atoms in total. The average molecular weight is 397 g/mol. The summed E-state index contributed by atoms with van der Waals surface area (Å²) < 4.78 is 11.3. The second kappa shape index (κ2) is 10.4. The molecule has 0 aliphatic carbocycles. The Morgan fingerprint density at radius 1 is 1.14 bits per heavy atom. The van der Waals surface area contributed by atoms with Gasteiger partial charge in [0, 0.05) is 12.8 Å². The van der Waals surface area contributed by atoms with Crippen LogP contribution in [0, 0.1) is 0 Å². The third-order valence-electron chi connectivity index (χ3n) is 5.00. The normalized spacial score (nSPS) is 29.7. The minimum Gasteiger partial charge on any atom is -0.458 e. The molecule has 0 amide bonds. The number of ether oxygens (including phenoxy) is 2. The van der Waals surface area contributed by atoms with E-state index >= 15 is 0 Å². The number of cyclic esters (lactones) is 1. The molecular formula is C25H32O4. The molecule has 1 N–H and O–H groups in total. The van der Waals surface area contributed by atoms with Gasteiger partial charge in [-0.1, -0.05) is 62.3 Å². The number of carbonyl (C=O) groups excluding carboxylic acids is 1. The number of rotatable bonds is 4. The van der Waals surface area contributed by atoms with Crippen LogP contribution in [-0.4, -0.2) is 35.5 Å². The predicted octanol–water partition coefficient (Wildman–Crippen LogP) is 4.90. The van der Waals surface area contributed by atoms with Crippen LogP contribution in [0.1, 0.15) is 39.0 Å². The first kappa shape index (κ1) is 22.9. The molecule has 0 spiro atoms. The molecule has 0 saturated carbocycles. The monoisotopic (exact) mass is 396 g/mol. The van der Waals surface area contributed by atoms with Gasteiger partial charge in [-0.2, -0.15) is 0 Å². The highest BCUT2D eigenvalue weighted by atomic mass is 16.6. The van der Waals surface area contributed by atoms with E-state index in [1.54, 1.807) is 0 Å². The first-order chi connectivity index (χ1) is 13.7. The van der Waals surface area contributed by atoms with Crippen LogP contribution in [-0.2, 0) is 14.3 Å². The van der Waals surface area contributed by atoms with Crippen molar-refractivity contribution in [3.63, 3.8) is 0 Å². The predicted molar refractivity (Wildman–Crippen MR) is 117 cm³/mol. The summed E-state index contributed by atoms with van der Waals surface area (Å²) in [5.41, 5.74) is 3.94. The molecule has 29 heavy (non-hydrogen) atoms. The Hall–Kier alpha value is -2.43. The summed E-state index contributed by atoms with van der Waals surface area (Å²) in [6.07, 6.45) is 8.19. The molecule has 2 aliphatic rings. The first-order valence-corrected chi connectivity index (χ1v) is 9.92. The first-order valence-electron chi connectivity index (χ1n) is 9.92. The lowest BCUT2D eigenvalue weighted by Gasteiger charge is -2.18. The molecule has 2 fully saturated rings. The molecule has 0 aromatic rings. The fourth-order valence-electron chi connectivity index (χ4n) is 3.19. The number of aliphatic hydroxyl groups is 1. The van der Waals surface area contributed by atoms with Crippen molar-refractivity contribution in [2.45, 2.75) is 63.4 Å². The van der Waals surface area contributed by atoms with Gasteiger partial charge in [0.1, 0.15) is 24.4 Å². The number of fused-ring (bicyclic) bond motifs is 1. The molecule has 0 radical (unpaired) electrons. The minimum atomic E-state index is -0.784. The number of esters is 1. The second-order valence-electron chi connectivity index (χ2n) is 7.81. The van der Waals surface area contributed by atoms with Gasteiger partial charge < -0.3 is 14.6 Å². The van der Waals surface area contributed by atoms with Crippen LogP contribution in [0.2, 0.25) is 0 Å². The fourth-order valence-corrected chi connectivity index (χ4v) is 3.19. The summed E-state index contributed by atoms with van der Waals surface area (Å²) in [5, 5.41) is 10.5. The highest BCUT2D eigenvalue weighted by molar-refractivity contribution is 5.70. The highest BCUT2D eigenvalue weighted by Crippen LogP contribution is 2.37. The zero-order valence-corrected chi connectivity index (χ0v) is 17.4. The van der Waals surface area contributed by atoms with E-state index in [2.05, 4.69) is 32.9 Å². The van der Waals surface area contributed by atoms with Crippen LogP contribution < -0.4 is 0 Å². The number of epoxide rings is 1. The van der Waals surface area contributed by atoms with Gasteiger partial charge in [0.05, 0.1) is 0 Å². The van der Waals surface area contributed by atoms with E-state index in [0.29, 0.717) is 31.3 Å². The summed E-state index contributed by atoms with van der Waals surface area (Å²) in [6.45, 7) is 21.8. The van der Waals surface area contributed by atoms with Crippen molar-refractivity contribution >= 4 is 5.97 Å². The Bertz CT molecular complexity index is 768. The zero-order chi connectivity index (χ0) is 21.6. The van der Waals surface area contributed by atoms with Crippen LogP contribution in [0.15, 0.2) is 85.1 Å². The van der Waals surface area contributed by atoms with Gasteiger partial charge >= 0.3 is 5.97 Å². The maximum Gasteiger partial charge on any atom is 0.306 e. The van der Waals surface area contributed by atoms with Crippen molar-refractivity contribution in [3.8, 4) is 0 Å². The Morgan fingerprint density at radius 2 is 1.86 bits per heavy atom. The van der Waals surface area contributed by atoms with E-state index in [4.69, 9.17) is 9.47 Å². The summed E-state index contributed by atoms with van der Waals surface area (Å²) in [5.74, 6) is -0.289. The third kappa shape index (κ3) is 7.15. The summed E-state index contributed by atoms with van der Waals surface area (Å²) in [6, 6.07) is 0. The van der Waals surface area contributed by atoms with Gasteiger partial charge in [-0.3, -0.25) is 4.79 Å². The van der Waals surface area contributed by atoms with Crippen LogP contribution >= 0.6 is 0 Å². The van der Waals surface area contributed by atoms with Crippen molar-refractivity contribution in [2.24, 2.45) is 0 Å². The lowest BCUT2D eigenvalue weighted by Crippen LogP contribution is -2.23. The van der Waals surface area contributed by atoms with Crippen molar-refractivity contribution in [1.82, 2.24) is 0 Å². The Labute approximate surface area is 174 Å². The molecule has 2 heterocycles. The molecule has 4 atom stereocenters. The molecule has 2 aliphatic heterocycles. The maximum absolute atomic E-state index is 12.3. The van der Waals surface area contributed by atoms with Crippen LogP contribution in [0.4, 0.5) is 0 Å². The largest absolute Gasteiger partial charge is 0.458 e. The fraction of sp³-hybridized carbons (Fsp3) is 0.400. The summed E-state index contributed by atoms with van der Waals surface area (Å²) in [7, 11) is 0. The number of aliphatic hydroxyl groups excluding tert-OH is 1. The van der Waals surface area contributed by atoms with E-state index in [1.165, 1.54) is 0 Å². The number of carbonyl (C=O) groups is 1. The van der Waals surface area contributed by atoms with Gasteiger partial charge in [0.2, 0.25) is 0 Å². The van der Waals surface area contributed by atoms with Crippen LogP contribution in [0.5, 0.6) is 0 Å². The number of hydrogen-bond acceptors (Lipinski definition) is 4. The molecule has 0 bridgehead atoms. The molecule has 156 valence electrons. The van der Waals surface area contributed by atoms with Gasteiger partial charge in [0.25, 0.3) is 0 Å². The maximum atomic E-state index is 12.3. The Morgan fingerprint density at radius 3 is 2.55 bits per heavy atom. The van der Waals surface area contributed by atoms with E-state index in [-0.39, 0.29) is 24.6 Å². The molecule has 2 saturated heterocycles. The molecule has 2 rings (SSSR count). The van der Waals surface area contributed by atoms with Crippen molar-refractivity contribution < 1.29 is 19.4 Å².